The topological polar surface area (TPSA) is 64.0 Å². The first-order valence-corrected chi connectivity index (χ1v) is 11.3. The number of hydrogen-bond donors (Lipinski definition) is 0. The van der Waals surface area contributed by atoms with Gasteiger partial charge in [-0.25, -0.2) is 0 Å². The van der Waals surface area contributed by atoms with Crippen molar-refractivity contribution in [2.75, 3.05) is 45.3 Å². The molecule has 0 radical (unpaired) electrons. The summed E-state index contributed by atoms with van der Waals surface area (Å²) >= 11 is 6.20. The number of rotatable bonds is 5. The number of anilines is 1. The maximum Gasteiger partial charge on any atom is 0.258 e. The van der Waals surface area contributed by atoms with E-state index < -0.39 is 0 Å². The molecule has 1 aliphatic heterocycles. The van der Waals surface area contributed by atoms with Crippen LogP contribution in [0.4, 0.5) is 5.69 Å². The minimum Gasteiger partial charge on any atom is -0.493 e. The summed E-state index contributed by atoms with van der Waals surface area (Å²) in [5, 5.41) is 1.71. The lowest BCUT2D eigenvalue weighted by molar-refractivity contribution is 0.0748. The zero-order valence-electron chi connectivity index (χ0n) is 19.4. The van der Waals surface area contributed by atoms with E-state index in [4.69, 9.17) is 21.1 Å². The average molecular weight is 470 g/mol. The van der Waals surface area contributed by atoms with Crippen LogP contribution >= 0.6 is 11.6 Å². The molecule has 4 rings (SSSR count). The Labute approximate surface area is 198 Å². The maximum atomic E-state index is 13.6. The fraction of sp³-hybridized carbons (Fsp3) is 0.360. The largest absolute Gasteiger partial charge is 0.493 e. The van der Waals surface area contributed by atoms with E-state index in [0.717, 1.165) is 11.3 Å². The number of piperazine rings is 1. The van der Waals surface area contributed by atoms with Crippen LogP contribution in [0.3, 0.4) is 0 Å². The van der Waals surface area contributed by atoms with E-state index in [1.807, 2.05) is 30.0 Å². The van der Waals surface area contributed by atoms with Crippen molar-refractivity contribution in [3.63, 3.8) is 0 Å². The van der Waals surface area contributed by atoms with Crippen LogP contribution in [0, 0.1) is 6.92 Å². The number of carbonyl (C=O) groups excluding carboxylic acids is 1. The molecule has 8 heteroatoms. The van der Waals surface area contributed by atoms with Crippen molar-refractivity contribution in [1.29, 1.82) is 0 Å². The molecular weight excluding hydrogens is 442 g/mol. The van der Waals surface area contributed by atoms with Crippen LogP contribution in [0.1, 0.15) is 22.8 Å². The second-order valence-electron chi connectivity index (χ2n) is 8.10. The van der Waals surface area contributed by atoms with Gasteiger partial charge >= 0.3 is 0 Å². The third-order valence-electron chi connectivity index (χ3n) is 6.24. The van der Waals surface area contributed by atoms with E-state index in [2.05, 4.69) is 11.8 Å². The van der Waals surface area contributed by atoms with Crippen molar-refractivity contribution in [1.82, 2.24) is 9.47 Å². The molecule has 7 nitrogen and oxygen atoms in total. The summed E-state index contributed by atoms with van der Waals surface area (Å²) in [6.07, 6.45) is 1.66. The summed E-state index contributed by atoms with van der Waals surface area (Å²) in [6.45, 7) is 6.96. The first kappa shape index (κ1) is 23.0. The van der Waals surface area contributed by atoms with E-state index in [9.17, 15) is 9.59 Å². The summed E-state index contributed by atoms with van der Waals surface area (Å²) < 4.78 is 12.4. The lowest BCUT2D eigenvalue weighted by Crippen LogP contribution is -2.49. The minimum atomic E-state index is -0.161. The van der Waals surface area contributed by atoms with Crippen molar-refractivity contribution >= 4 is 34.0 Å². The Morgan fingerprint density at radius 2 is 1.64 bits per heavy atom. The molecule has 2 aromatic carbocycles. The number of halogens is 1. The predicted molar refractivity (Wildman–Crippen MR) is 131 cm³/mol. The van der Waals surface area contributed by atoms with E-state index in [1.165, 1.54) is 14.2 Å². The fourth-order valence-corrected chi connectivity index (χ4v) is 4.53. The Hall–Kier alpha value is -3.19. The molecule has 0 N–H and O–H groups in total. The summed E-state index contributed by atoms with van der Waals surface area (Å²) in [4.78, 5) is 30.7. The van der Waals surface area contributed by atoms with Gasteiger partial charge in [0, 0.05) is 55.0 Å². The third-order valence-corrected chi connectivity index (χ3v) is 6.48. The second-order valence-corrected chi connectivity index (χ2v) is 8.53. The van der Waals surface area contributed by atoms with Gasteiger partial charge in [-0.3, -0.25) is 9.59 Å². The maximum absolute atomic E-state index is 13.6. The Morgan fingerprint density at radius 3 is 2.24 bits per heavy atom. The molecule has 1 amide bonds. The van der Waals surface area contributed by atoms with Gasteiger partial charge in [0.25, 0.3) is 11.5 Å². The minimum absolute atomic E-state index is 0.100. The molecule has 3 aromatic rings. The van der Waals surface area contributed by atoms with Crippen molar-refractivity contribution in [3.05, 3.63) is 63.0 Å². The van der Waals surface area contributed by atoms with Crippen LogP contribution in [0.25, 0.3) is 10.8 Å². The highest BCUT2D eigenvalue weighted by Crippen LogP contribution is 2.33. The molecule has 0 atom stereocenters. The van der Waals surface area contributed by atoms with E-state index in [-0.39, 0.29) is 11.5 Å². The number of ether oxygens (including phenoxy) is 2. The lowest BCUT2D eigenvalue weighted by Gasteiger charge is -2.37. The number of benzene rings is 2. The average Bonchev–Trinajstić information content (AvgIpc) is 2.84. The smallest absolute Gasteiger partial charge is 0.258 e. The van der Waals surface area contributed by atoms with Gasteiger partial charge in [0.15, 0.2) is 11.5 Å². The Bertz CT molecular complexity index is 1260. The van der Waals surface area contributed by atoms with Gasteiger partial charge in [-0.15, -0.1) is 0 Å². The molecule has 0 saturated carbocycles. The first-order chi connectivity index (χ1) is 15.9. The zero-order valence-corrected chi connectivity index (χ0v) is 20.1. The summed E-state index contributed by atoms with van der Waals surface area (Å²) in [5.74, 6) is 0.839. The molecular formula is C25H28ClN3O4. The van der Waals surface area contributed by atoms with Crippen molar-refractivity contribution in [2.45, 2.75) is 20.4 Å². The van der Waals surface area contributed by atoms with Crippen LogP contribution in [0.15, 0.2) is 41.3 Å². The molecule has 1 aliphatic rings. The summed E-state index contributed by atoms with van der Waals surface area (Å²) in [5.41, 5.74) is 2.57. The van der Waals surface area contributed by atoms with E-state index in [0.29, 0.717) is 65.6 Å². The number of hydrogen-bond acceptors (Lipinski definition) is 5. The Balaban J connectivity index is 1.68. The molecule has 1 saturated heterocycles. The number of carbonyl (C=O) groups is 1. The lowest BCUT2D eigenvalue weighted by atomic mass is 10.0. The quantitative estimate of drug-likeness (QED) is 0.566. The molecule has 33 heavy (non-hydrogen) atoms. The standard InChI is InChI=1S/C25H28ClN3O4/c1-5-27-15-20(18-13-22(32-3)23(33-4)14-19(18)24(27)30)25(31)29-10-8-28(9-11-29)21-12-17(26)7-6-16(21)2/h6-7,12-15H,5,8-11H2,1-4H3. The molecule has 0 unspecified atom stereocenters. The van der Waals surface area contributed by atoms with Crippen LogP contribution in [0.2, 0.25) is 5.02 Å². The Kier molecular flexibility index (Phi) is 6.51. The van der Waals surface area contributed by atoms with Crippen LogP contribution in [-0.4, -0.2) is 55.8 Å². The van der Waals surface area contributed by atoms with Gasteiger partial charge in [-0.2, -0.15) is 0 Å². The number of methoxy groups -OCH3 is 2. The monoisotopic (exact) mass is 469 g/mol. The highest BCUT2D eigenvalue weighted by Gasteiger charge is 2.26. The molecule has 1 aromatic heterocycles. The van der Waals surface area contributed by atoms with Gasteiger partial charge in [0.1, 0.15) is 0 Å². The molecule has 0 spiro atoms. The van der Waals surface area contributed by atoms with Crippen LogP contribution in [-0.2, 0) is 6.54 Å². The molecule has 1 fully saturated rings. The number of pyridine rings is 1. The predicted octanol–water partition coefficient (Wildman–Crippen LogP) is 3.96. The van der Waals surface area contributed by atoms with E-state index in [1.54, 1.807) is 22.9 Å². The van der Waals surface area contributed by atoms with Gasteiger partial charge in [-0.05, 0) is 43.7 Å². The highest BCUT2D eigenvalue weighted by molar-refractivity contribution is 6.30. The molecule has 0 bridgehead atoms. The second kappa shape index (κ2) is 9.35. The summed E-state index contributed by atoms with van der Waals surface area (Å²) in [6, 6.07) is 9.24. The number of amides is 1. The molecule has 174 valence electrons. The number of aryl methyl sites for hydroxylation is 2. The van der Waals surface area contributed by atoms with Crippen molar-refractivity contribution in [3.8, 4) is 11.5 Å². The van der Waals surface area contributed by atoms with Gasteiger partial charge in [0.2, 0.25) is 0 Å². The highest BCUT2D eigenvalue weighted by atomic mass is 35.5. The number of nitrogens with zero attached hydrogens (tertiary/aromatic N) is 3. The fourth-order valence-electron chi connectivity index (χ4n) is 4.37. The normalized spacial score (nSPS) is 14.0. The zero-order chi connectivity index (χ0) is 23.7. The SMILES string of the molecule is CCn1cc(C(=O)N2CCN(c3cc(Cl)ccc3C)CC2)c2cc(OC)c(OC)cc2c1=O. The van der Waals surface area contributed by atoms with E-state index >= 15 is 0 Å². The van der Waals surface area contributed by atoms with Crippen molar-refractivity contribution < 1.29 is 14.3 Å². The Morgan fingerprint density at radius 1 is 1.00 bits per heavy atom. The van der Waals surface area contributed by atoms with Crippen LogP contribution in [0.5, 0.6) is 11.5 Å². The number of aromatic nitrogens is 1. The molecule has 0 aliphatic carbocycles. The first-order valence-electron chi connectivity index (χ1n) is 11.0. The summed E-state index contributed by atoms with van der Waals surface area (Å²) in [7, 11) is 3.06. The van der Waals surface area contributed by atoms with Gasteiger partial charge in [0.05, 0.1) is 25.2 Å². The van der Waals surface area contributed by atoms with Gasteiger partial charge < -0.3 is 23.8 Å². The van der Waals surface area contributed by atoms with Crippen LogP contribution < -0.4 is 19.9 Å². The third kappa shape index (κ3) is 4.25. The molecule has 2 heterocycles. The number of fused-ring (bicyclic) bond motifs is 1. The van der Waals surface area contributed by atoms with Crippen molar-refractivity contribution in [2.24, 2.45) is 0 Å². The van der Waals surface area contributed by atoms with Gasteiger partial charge in [-0.1, -0.05) is 17.7 Å².